The van der Waals surface area contributed by atoms with Crippen LogP contribution in [0.25, 0.3) is 0 Å². The van der Waals surface area contributed by atoms with Gasteiger partial charge < -0.3 is 5.32 Å². The molecular formula is C11H14F3N3. The molecule has 1 aromatic heterocycles. The molecule has 0 aliphatic carbocycles. The molecule has 1 N–H and O–H groups in total. The normalized spacial score (nSPS) is 22.7. The van der Waals surface area contributed by atoms with E-state index in [4.69, 9.17) is 0 Å². The molecule has 1 aliphatic rings. The largest absolute Gasteiger partial charge is 0.416 e. The Labute approximate surface area is 97.6 Å². The Balaban J connectivity index is 2.37. The van der Waals surface area contributed by atoms with Gasteiger partial charge in [0, 0.05) is 43.6 Å². The highest BCUT2D eigenvalue weighted by Crippen LogP contribution is 2.35. The van der Waals surface area contributed by atoms with Crippen molar-refractivity contribution >= 4 is 0 Å². The fourth-order valence-corrected chi connectivity index (χ4v) is 2.08. The molecule has 1 saturated heterocycles. The van der Waals surface area contributed by atoms with Crippen molar-refractivity contribution in [3.63, 3.8) is 0 Å². The molecule has 0 radical (unpaired) electrons. The van der Waals surface area contributed by atoms with Crippen molar-refractivity contribution in [3.8, 4) is 0 Å². The van der Waals surface area contributed by atoms with Crippen LogP contribution in [0, 0.1) is 0 Å². The van der Waals surface area contributed by atoms with E-state index < -0.39 is 11.7 Å². The number of alkyl halides is 3. The summed E-state index contributed by atoms with van der Waals surface area (Å²) in [5, 5.41) is 3.11. The highest BCUT2D eigenvalue weighted by Gasteiger charge is 2.36. The molecular weight excluding hydrogens is 231 g/mol. The van der Waals surface area contributed by atoms with Gasteiger partial charge >= 0.3 is 6.18 Å². The molecule has 2 heterocycles. The summed E-state index contributed by atoms with van der Waals surface area (Å²) in [5.41, 5.74) is -0.345. The number of rotatable bonds is 1. The third-order valence-corrected chi connectivity index (χ3v) is 3.03. The smallest absolute Gasteiger partial charge is 0.314 e. The van der Waals surface area contributed by atoms with Crippen LogP contribution in [0.5, 0.6) is 0 Å². The van der Waals surface area contributed by atoms with E-state index in [1.54, 1.807) is 0 Å². The van der Waals surface area contributed by atoms with Crippen molar-refractivity contribution in [1.29, 1.82) is 0 Å². The topological polar surface area (TPSA) is 28.2 Å². The molecule has 0 bridgehead atoms. The van der Waals surface area contributed by atoms with Crippen LogP contribution in [0.4, 0.5) is 13.2 Å². The number of piperazine rings is 1. The van der Waals surface area contributed by atoms with Gasteiger partial charge in [0.2, 0.25) is 0 Å². The maximum atomic E-state index is 12.9. The van der Waals surface area contributed by atoms with Crippen molar-refractivity contribution in [1.82, 2.24) is 15.2 Å². The number of nitrogens with zero attached hydrogens (tertiary/aromatic N) is 2. The van der Waals surface area contributed by atoms with Crippen molar-refractivity contribution in [2.45, 2.75) is 12.2 Å². The van der Waals surface area contributed by atoms with E-state index in [-0.39, 0.29) is 11.6 Å². The third kappa shape index (κ3) is 2.58. The summed E-state index contributed by atoms with van der Waals surface area (Å²) < 4.78 is 38.6. The van der Waals surface area contributed by atoms with Gasteiger partial charge in [-0.2, -0.15) is 13.2 Å². The highest BCUT2D eigenvalue weighted by molar-refractivity contribution is 5.30. The number of hydrogen-bond acceptors (Lipinski definition) is 3. The molecule has 0 spiro atoms. The van der Waals surface area contributed by atoms with Crippen LogP contribution in [0.3, 0.4) is 0 Å². The standard InChI is InChI=1S/C11H14F3N3/c1-17-5-4-16-7-10(17)8-6-15-3-2-9(8)11(12,13)14/h2-3,6,10,16H,4-5,7H2,1H3. The molecule has 1 unspecified atom stereocenters. The SMILES string of the molecule is CN1CCNCC1c1cnccc1C(F)(F)F. The number of aromatic nitrogens is 1. The summed E-state index contributed by atoms with van der Waals surface area (Å²) in [6, 6.07) is 0.770. The van der Waals surface area contributed by atoms with Crippen molar-refractivity contribution in [2.75, 3.05) is 26.7 Å². The Hall–Kier alpha value is -1.14. The van der Waals surface area contributed by atoms with E-state index >= 15 is 0 Å². The number of hydrogen-bond donors (Lipinski definition) is 1. The van der Waals surface area contributed by atoms with Crippen LogP contribution < -0.4 is 5.32 Å². The van der Waals surface area contributed by atoms with E-state index in [0.29, 0.717) is 6.54 Å². The number of pyridine rings is 1. The maximum absolute atomic E-state index is 12.9. The van der Waals surface area contributed by atoms with Gasteiger partial charge in [0.25, 0.3) is 0 Å². The molecule has 17 heavy (non-hydrogen) atoms. The van der Waals surface area contributed by atoms with E-state index in [1.807, 2.05) is 11.9 Å². The molecule has 1 fully saturated rings. The predicted molar refractivity (Wildman–Crippen MR) is 57.5 cm³/mol. The molecule has 94 valence electrons. The van der Waals surface area contributed by atoms with Gasteiger partial charge in [0.05, 0.1) is 5.56 Å². The van der Waals surface area contributed by atoms with Gasteiger partial charge in [-0.05, 0) is 13.1 Å². The highest BCUT2D eigenvalue weighted by atomic mass is 19.4. The van der Waals surface area contributed by atoms with Crippen molar-refractivity contribution < 1.29 is 13.2 Å². The van der Waals surface area contributed by atoms with Crippen molar-refractivity contribution in [2.24, 2.45) is 0 Å². The number of likely N-dealkylation sites (N-methyl/N-ethyl adjacent to an activating group) is 1. The second-order valence-electron chi connectivity index (χ2n) is 4.16. The van der Waals surface area contributed by atoms with Crippen LogP contribution in [0.2, 0.25) is 0 Å². The Morgan fingerprint density at radius 2 is 2.24 bits per heavy atom. The van der Waals surface area contributed by atoms with Gasteiger partial charge in [0.15, 0.2) is 0 Å². The van der Waals surface area contributed by atoms with Gasteiger partial charge in [-0.25, -0.2) is 0 Å². The lowest BCUT2D eigenvalue weighted by Gasteiger charge is -2.34. The molecule has 0 amide bonds. The minimum atomic E-state index is -4.32. The monoisotopic (exact) mass is 245 g/mol. The first-order chi connectivity index (χ1) is 8.00. The quantitative estimate of drug-likeness (QED) is 0.816. The molecule has 6 heteroatoms. The summed E-state index contributed by atoms with van der Waals surface area (Å²) in [7, 11) is 1.83. The fourth-order valence-electron chi connectivity index (χ4n) is 2.08. The molecule has 0 saturated carbocycles. The van der Waals surface area contributed by atoms with E-state index in [1.165, 1.54) is 12.4 Å². The van der Waals surface area contributed by atoms with Crippen molar-refractivity contribution in [3.05, 3.63) is 29.6 Å². The summed E-state index contributed by atoms with van der Waals surface area (Å²) >= 11 is 0. The van der Waals surface area contributed by atoms with E-state index in [0.717, 1.165) is 19.2 Å². The summed E-state index contributed by atoms with van der Waals surface area (Å²) in [4.78, 5) is 5.73. The predicted octanol–water partition coefficient (Wildman–Crippen LogP) is 1.68. The van der Waals surface area contributed by atoms with Gasteiger partial charge in [0.1, 0.15) is 0 Å². The Kier molecular flexibility index (Phi) is 3.35. The third-order valence-electron chi connectivity index (χ3n) is 3.03. The number of nitrogens with one attached hydrogen (secondary N) is 1. The second-order valence-corrected chi connectivity index (χ2v) is 4.16. The second kappa shape index (κ2) is 4.62. The van der Waals surface area contributed by atoms with E-state index in [9.17, 15) is 13.2 Å². The lowest BCUT2D eigenvalue weighted by molar-refractivity contribution is -0.138. The van der Waals surface area contributed by atoms with Crippen LogP contribution in [-0.4, -0.2) is 36.6 Å². The minimum Gasteiger partial charge on any atom is -0.314 e. The summed E-state index contributed by atoms with van der Waals surface area (Å²) in [6.45, 7) is 2.05. The molecule has 2 rings (SSSR count). The van der Waals surface area contributed by atoms with Crippen LogP contribution >= 0.6 is 0 Å². The lowest BCUT2D eigenvalue weighted by atomic mass is 10.00. The Morgan fingerprint density at radius 1 is 1.47 bits per heavy atom. The average molecular weight is 245 g/mol. The first-order valence-electron chi connectivity index (χ1n) is 5.42. The zero-order valence-corrected chi connectivity index (χ0v) is 9.46. The molecule has 3 nitrogen and oxygen atoms in total. The van der Waals surface area contributed by atoms with Crippen LogP contribution in [0.1, 0.15) is 17.2 Å². The Morgan fingerprint density at radius 3 is 2.88 bits per heavy atom. The minimum absolute atomic E-state index is 0.245. The zero-order valence-electron chi connectivity index (χ0n) is 9.46. The summed E-state index contributed by atoms with van der Waals surface area (Å²) in [5.74, 6) is 0. The molecule has 1 aromatic rings. The van der Waals surface area contributed by atoms with Gasteiger partial charge in [-0.15, -0.1) is 0 Å². The molecule has 0 aromatic carbocycles. The van der Waals surface area contributed by atoms with Crippen LogP contribution in [-0.2, 0) is 6.18 Å². The van der Waals surface area contributed by atoms with Crippen LogP contribution in [0.15, 0.2) is 18.5 Å². The lowest BCUT2D eigenvalue weighted by Crippen LogP contribution is -2.44. The van der Waals surface area contributed by atoms with Gasteiger partial charge in [-0.1, -0.05) is 0 Å². The molecule has 1 atom stereocenters. The first-order valence-corrected chi connectivity index (χ1v) is 5.42. The van der Waals surface area contributed by atoms with E-state index in [2.05, 4.69) is 10.3 Å². The number of halogens is 3. The Bertz CT molecular complexity index is 392. The first kappa shape index (κ1) is 12.3. The van der Waals surface area contributed by atoms with Gasteiger partial charge in [-0.3, -0.25) is 9.88 Å². The average Bonchev–Trinajstić information content (AvgIpc) is 2.28. The maximum Gasteiger partial charge on any atom is 0.416 e. The summed E-state index contributed by atoms with van der Waals surface area (Å²) in [6.07, 6.45) is -1.82. The molecule has 1 aliphatic heterocycles. The fraction of sp³-hybridized carbons (Fsp3) is 0.545. The zero-order chi connectivity index (χ0) is 12.5.